The summed E-state index contributed by atoms with van der Waals surface area (Å²) in [4.78, 5) is 37.0. The minimum Gasteiger partial charge on any atom is -0.481 e. The van der Waals surface area contributed by atoms with Crippen LogP contribution < -0.4 is 5.32 Å². The molecular formula is C18H24N2O4. The lowest BCUT2D eigenvalue weighted by Gasteiger charge is -2.21. The van der Waals surface area contributed by atoms with Crippen molar-refractivity contribution in [2.24, 2.45) is 11.8 Å². The zero-order valence-corrected chi connectivity index (χ0v) is 14.1. The van der Waals surface area contributed by atoms with Crippen LogP contribution in [0.4, 0.5) is 5.69 Å². The van der Waals surface area contributed by atoms with E-state index in [1.165, 1.54) is 0 Å². The lowest BCUT2D eigenvalue weighted by Crippen LogP contribution is -2.32. The summed E-state index contributed by atoms with van der Waals surface area (Å²) in [5, 5.41) is 11.6. The highest BCUT2D eigenvalue weighted by Crippen LogP contribution is 2.39. The molecule has 0 saturated heterocycles. The van der Waals surface area contributed by atoms with E-state index in [2.05, 4.69) is 5.32 Å². The number of benzene rings is 1. The van der Waals surface area contributed by atoms with E-state index in [1.54, 1.807) is 24.3 Å². The first-order valence-electron chi connectivity index (χ1n) is 8.40. The van der Waals surface area contributed by atoms with Gasteiger partial charge in [0.15, 0.2) is 0 Å². The molecule has 1 aromatic carbocycles. The molecule has 0 bridgehead atoms. The van der Waals surface area contributed by atoms with Crippen LogP contribution >= 0.6 is 0 Å². The number of aliphatic carboxylic acids is 1. The number of hydrogen-bond donors (Lipinski definition) is 2. The Kier molecular flexibility index (Phi) is 5.95. The Hall–Kier alpha value is -2.37. The Bertz CT molecular complexity index is 606. The third-order valence-electron chi connectivity index (χ3n) is 4.12. The van der Waals surface area contributed by atoms with E-state index in [0.29, 0.717) is 17.7 Å². The predicted molar refractivity (Wildman–Crippen MR) is 90.8 cm³/mol. The van der Waals surface area contributed by atoms with Gasteiger partial charge in [0.05, 0.1) is 11.8 Å². The van der Waals surface area contributed by atoms with E-state index < -0.39 is 17.8 Å². The van der Waals surface area contributed by atoms with Crippen molar-refractivity contribution < 1.29 is 19.5 Å². The van der Waals surface area contributed by atoms with Gasteiger partial charge in [0, 0.05) is 24.3 Å². The van der Waals surface area contributed by atoms with Crippen molar-refractivity contribution in [1.29, 1.82) is 0 Å². The molecule has 0 spiro atoms. The zero-order valence-electron chi connectivity index (χ0n) is 14.1. The first-order chi connectivity index (χ1) is 11.5. The van der Waals surface area contributed by atoms with Crippen molar-refractivity contribution in [3.8, 4) is 0 Å². The van der Waals surface area contributed by atoms with Crippen LogP contribution in [-0.2, 0) is 9.59 Å². The van der Waals surface area contributed by atoms with Crippen molar-refractivity contribution in [3.63, 3.8) is 0 Å². The second-order valence-corrected chi connectivity index (χ2v) is 6.15. The van der Waals surface area contributed by atoms with E-state index in [9.17, 15) is 14.4 Å². The van der Waals surface area contributed by atoms with Gasteiger partial charge < -0.3 is 15.3 Å². The number of anilines is 1. The molecule has 2 unspecified atom stereocenters. The molecule has 2 N–H and O–H groups in total. The quantitative estimate of drug-likeness (QED) is 0.766. The third-order valence-corrected chi connectivity index (χ3v) is 4.12. The van der Waals surface area contributed by atoms with E-state index in [4.69, 9.17) is 5.11 Å². The van der Waals surface area contributed by atoms with Crippen molar-refractivity contribution >= 4 is 23.5 Å². The zero-order chi connectivity index (χ0) is 17.7. The Labute approximate surface area is 141 Å². The van der Waals surface area contributed by atoms with Gasteiger partial charge in [-0.2, -0.15) is 0 Å². The maximum absolute atomic E-state index is 12.5. The molecule has 1 saturated carbocycles. The van der Waals surface area contributed by atoms with Crippen molar-refractivity contribution in [2.45, 2.75) is 33.1 Å². The van der Waals surface area contributed by atoms with Crippen LogP contribution in [0, 0.1) is 11.8 Å². The fourth-order valence-electron chi connectivity index (χ4n) is 2.73. The third kappa shape index (κ3) is 4.34. The molecule has 130 valence electrons. The SMILES string of the molecule is CCCN(CCC)C(=O)c1ccc(NC(=O)C2CC2C(=O)O)cc1. The van der Waals surface area contributed by atoms with E-state index in [0.717, 1.165) is 25.9 Å². The summed E-state index contributed by atoms with van der Waals surface area (Å²) in [6.45, 7) is 5.53. The monoisotopic (exact) mass is 332 g/mol. The fourth-order valence-corrected chi connectivity index (χ4v) is 2.73. The summed E-state index contributed by atoms with van der Waals surface area (Å²) in [5.74, 6) is -2.23. The Balaban J connectivity index is 1.96. The molecular weight excluding hydrogens is 308 g/mol. The molecule has 0 radical (unpaired) electrons. The van der Waals surface area contributed by atoms with Crippen LogP contribution in [-0.4, -0.2) is 40.9 Å². The van der Waals surface area contributed by atoms with Crippen molar-refractivity contribution in [2.75, 3.05) is 18.4 Å². The molecule has 1 aliphatic rings. The molecule has 1 fully saturated rings. The van der Waals surface area contributed by atoms with E-state index >= 15 is 0 Å². The van der Waals surface area contributed by atoms with Crippen LogP contribution in [0.2, 0.25) is 0 Å². The fraction of sp³-hybridized carbons (Fsp3) is 0.500. The molecule has 6 nitrogen and oxygen atoms in total. The predicted octanol–water partition coefficient (Wildman–Crippen LogP) is 2.61. The van der Waals surface area contributed by atoms with Crippen LogP contribution in [0.3, 0.4) is 0 Å². The summed E-state index contributed by atoms with van der Waals surface area (Å²) >= 11 is 0. The molecule has 0 aromatic heterocycles. The molecule has 1 aromatic rings. The highest BCUT2D eigenvalue weighted by molar-refractivity contribution is 5.99. The van der Waals surface area contributed by atoms with Crippen LogP contribution in [0.25, 0.3) is 0 Å². The van der Waals surface area contributed by atoms with E-state index in [1.807, 2.05) is 18.7 Å². The maximum Gasteiger partial charge on any atom is 0.307 e. The normalized spacial score (nSPS) is 18.8. The van der Waals surface area contributed by atoms with Gasteiger partial charge in [0.1, 0.15) is 0 Å². The molecule has 1 aliphatic carbocycles. The second kappa shape index (κ2) is 7.95. The Morgan fingerprint density at radius 2 is 1.67 bits per heavy atom. The standard InChI is InChI=1S/C18H24N2O4/c1-3-9-20(10-4-2)17(22)12-5-7-13(8-6-12)19-16(21)14-11-15(14)18(23)24/h5-8,14-15H,3-4,9-11H2,1-2H3,(H,19,21)(H,23,24). The summed E-state index contributed by atoms with van der Waals surface area (Å²) in [6, 6.07) is 6.74. The number of carboxylic acids is 1. The minimum absolute atomic E-state index is 0.00953. The number of amides is 2. The summed E-state index contributed by atoms with van der Waals surface area (Å²) in [6.07, 6.45) is 2.21. The van der Waals surface area contributed by atoms with Gasteiger partial charge in [-0.15, -0.1) is 0 Å². The summed E-state index contributed by atoms with van der Waals surface area (Å²) in [7, 11) is 0. The van der Waals surface area contributed by atoms with Crippen LogP contribution in [0.5, 0.6) is 0 Å². The van der Waals surface area contributed by atoms with Gasteiger partial charge in [-0.3, -0.25) is 14.4 Å². The molecule has 24 heavy (non-hydrogen) atoms. The first-order valence-corrected chi connectivity index (χ1v) is 8.40. The van der Waals surface area contributed by atoms with Gasteiger partial charge in [-0.25, -0.2) is 0 Å². The lowest BCUT2D eigenvalue weighted by molar-refractivity contribution is -0.139. The minimum atomic E-state index is -0.928. The molecule has 6 heteroatoms. The molecule has 0 heterocycles. The number of hydrogen-bond acceptors (Lipinski definition) is 3. The molecule has 2 atom stereocenters. The van der Waals surface area contributed by atoms with E-state index in [-0.39, 0.29) is 11.8 Å². The smallest absolute Gasteiger partial charge is 0.307 e. The second-order valence-electron chi connectivity index (χ2n) is 6.15. The first kappa shape index (κ1) is 18.0. The van der Waals surface area contributed by atoms with Gasteiger partial charge in [-0.05, 0) is 43.5 Å². The number of carboxylic acid groups (broad SMARTS) is 1. The van der Waals surface area contributed by atoms with Crippen molar-refractivity contribution in [1.82, 2.24) is 4.90 Å². The van der Waals surface area contributed by atoms with Crippen molar-refractivity contribution in [3.05, 3.63) is 29.8 Å². The van der Waals surface area contributed by atoms with Gasteiger partial charge in [0.2, 0.25) is 5.91 Å². The number of carbonyl (C=O) groups excluding carboxylic acids is 2. The van der Waals surface area contributed by atoms with Crippen LogP contribution in [0.15, 0.2) is 24.3 Å². The number of rotatable bonds is 8. The lowest BCUT2D eigenvalue weighted by atomic mass is 10.1. The Morgan fingerprint density at radius 3 is 2.12 bits per heavy atom. The average molecular weight is 332 g/mol. The largest absolute Gasteiger partial charge is 0.481 e. The molecule has 0 aliphatic heterocycles. The van der Waals surface area contributed by atoms with Gasteiger partial charge in [-0.1, -0.05) is 13.8 Å². The summed E-state index contributed by atoms with van der Waals surface area (Å²) < 4.78 is 0. The number of nitrogens with zero attached hydrogens (tertiary/aromatic N) is 1. The van der Waals surface area contributed by atoms with Gasteiger partial charge in [0.25, 0.3) is 5.91 Å². The number of nitrogens with one attached hydrogen (secondary N) is 1. The topological polar surface area (TPSA) is 86.7 Å². The maximum atomic E-state index is 12.5. The van der Waals surface area contributed by atoms with Gasteiger partial charge >= 0.3 is 5.97 Å². The Morgan fingerprint density at radius 1 is 1.08 bits per heavy atom. The van der Waals surface area contributed by atoms with Crippen LogP contribution in [0.1, 0.15) is 43.5 Å². The molecule has 2 rings (SSSR count). The number of carbonyl (C=O) groups is 3. The highest BCUT2D eigenvalue weighted by atomic mass is 16.4. The summed E-state index contributed by atoms with van der Waals surface area (Å²) in [5.41, 5.74) is 1.16. The highest BCUT2D eigenvalue weighted by Gasteiger charge is 2.48. The molecule has 2 amide bonds. The average Bonchev–Trinajstić information content (AvgIpc) is 3.36.